The lowest BCUT2D eigenvalue weighted by atomic mass is 10.2. The van der Waals surface area contributed by atoms with Crippen LogP contribution >= 0.6 is 11.3 Å². The molecular weight excluding hydrogens is 202 g/mol. The molecule has 2 heterocycles. The third kappa shape index (κ3) is 1.38. The third-order valence-corrected chi connectivity index (χ3v) is 3.69. The molecule has 3 rings (SSSR count). The topological polar surface area (TPSA) is 15.8 Å². The number of hydrogen-bond donors (Lipinski definition) is 1. The molecule has 0 spiro atoms. The van der Waals surface area contributed by atoms with Crippen molar-refractivity contribution in [3.63, 3.8) is 0 Å². The summed E-state index contributed by atoms with van der Waals surface area (Å²) in [7, 11) is 0. The summed E-state index contributed by atoms with van der Waals surface area (Å²) in [6.07, 6.45) is 0. The lowest BCUT2D eigenvalue weighted by Gasteiger charge is -1.93. The maximum atomic E-state index is 3.45. The van der Waals surface area contributed by atoms with E-state index in [0.29, 0.717) is 0 Å². The molecule has 0 aliphatic carbocycles. The van der Waals surface area contributed by atoms with Gasteiger partial charge in [-0.1, -0.05) is 18.2 Å². The first-order valence-electron chi connectivity index (χ1n) is 4.97. The van der Waals surface area contributed by atoms with Gasteiger partial charge >= 0.3 is 0 Å². The summed E-state index contributed by atoms with van der Waals surface area (Å²) in [4.78, 5) is 4.79. The Hall–Kier alpha value is -1.54. The molecule has 0 aliphatic heterocycles. The number of aromatic amines is 1. The lowest BCUT2D eigenvalue weighted by Crippen LogP contribution is -1.73. The van der Waals surface area contributed by atoms with E-state index in [9.17, 15) is 0 Å². The van der Waals surface area contributed by atoms with Crippen LogP contribution in [0, 0.1) is 6.92 Å². The Kier molecular flexibility index (Phi) is 1.89. The van der Waals surface area contributed by atoms with Gasteiger partial charge in [-0.15, -0.1) is 11.3 Å². The van der Waals surface area contributed by atoms with Crippen molar-refractivity contribution in [1.29, 1.82) is 0 Å². The van der Waals surface area contributed by atoms with Crippen LogP contribution in [0.2, 0.25) is 0 Å². The highest BCUT2D eigenvalue weighted by atomic mass is 32.1. The number of benzene rings is 1. The van der Waals surface area contributed by atoms with E-state index in [1.807, 2.05) is 0 Å². The number of thiophene rings is 1. The first-order valence-corrected chi connectivity index (χ1v) is 5.85. The van der Waals surface area contributed by atoms with Gasteiger partial charge in [0.2, 0.25) is 0 Å². The highest BCUT2D eigenvalue weighted by Crippen LogP contribution is 2.30. The van der Waals surface area contributed by atoms with E-state index in [0.717, 1.165) is 0 Å². The number of rotatable bonds is 1. The van der Waals surface area contributed by atoms with Gasteiger partial charge in [0, 0.05) is 10.9 Å². The molecule has 0 saturated carbocycles. The van der Waals surface area contributed by atoms with E-state index in [1.54, 1.807) is 11.3 Å². The molecule has 0 unspecified atom stereocenters. The Labute approximate surface area is 92.4 Å². The first kappa shape index (κ1) is 8.74. The van der Waals surface area contributed by atoms with Crippen LogP contribution in [0.15, 0.2) is 41.8 Å². The number of hydrogen-bond acceptors (Lipinski definition) is 1. The van der Waals surface area contributed by atoms with Crippen LogP contribution in [-0.4, -0.2) is 4.98 Å². The molecule has 0 amide bonds. The van der Waals surface area contributed by atoms with Gasteiger partial charge in [0.15, 0.2) is 0 Å². The highest BCUT2D eigenvalue weighted by molar-refractivity contribution is 7.13. The number of H-pyrrole nitrogens is 1. The Morgan fingerprint density at radius 1 is 1.13 bits per heavy atom. The van der Waals surface area contributed by atoms with Crippen LogP contribution in [0.25, 0.3) is 21.5 Å². The monoisotopic (exact) mass is 213 g/mol. The highest BCUT2D eigenvalue weighted by Gasteiger charge is 2.06. The molecule has 1 N–H and O–H groups in total. The number of aryl methyl sites for hydroxylation is 1. The van der Waals surface area contributed by atoms with Crippen molar-refractivity contribution in [1.82, 2.24) is 4.98 Å². The molecule has 0 atom stereocenters. The minimum atomic E-state index is 1.21. The van der Waals surface area contributed by atoms with Crippen LogP contribution in [-0.2, 0) is 0 Å². The summed E-state index contributed by atoms with van der Waals surface area (Å²) >= 11 is 1.79. The third-order valence-electron chi connectivity index (χ3n) is 2.64. The summed E-state index contributed by atoms with van der Waals surface area (Å²) in [6.45, 7) is 2.15. The summed E-state index contributed by atoms with van der Waals surface area (Å²) < 4.78 is 0. The lowest BCUT2D eigenvalue weighted by molar-refractivity contribution is 1.44. The molecular formula is C13H11NS. The molecule has 0 saturated heterocycles. The van der Waals surface area contributed by atoms with Crippen LogP contribution in [0.4, 0.5) is 0 Å². The second-order valence-electron chi connectivity index (χ2n) is 3.70. The normalized spacial score (nSPS) is 11.0. The molecule has 2 heteroatoms. The predicted molar refractivity (Wildman–Crippen MR) is 66.3 cm³/mol. The van der Waals surface area contributed by atoms with E-state index in [-0.39, 0.29) is 0 Å². The van der Waals surface area contributed by atoms with Gasteiger partial charge < -0.3 is 4.98 Å². The maximum absolute atomic E-state index is 3.45. The first-order chi connectivity index (χ1) is 7.34. The molecule has 15 heavy (non-hydrogen) atoms. The molecule has 0 bridgehead atoms. The SMILES string of the molecule is Cc1ccsc1-c1cc2ccccc2[nH]1. The van der Waals surface area contributed by atoms with Crippen LogP contribution < -0.4 is 0 Å². The van der Waals surface area contributed by atoms with Crippen molar-refractivity contribution in [2.75, 3.05) is 0 Å². The summed E-state index contributed by atoms with van der Waals surface area (Å²) in [5.74, 6) is 0. The van der Waals surface area contributed by atoms with Crippen molar-refractivity contribution in [2.24, 2.45) is 0 Å². The second-order valence-corrected chi connectivity index (χ2v) is 4.62. The van der Waals surface area contributed by atoms with Crippen molar-refractivity contribution >= 4 is 22.2 Å². The van der Waals surface area contributed by atoms with Crippen molar-refractivity contribution in [3.05, 3.63) is 47.3 Å². The standard InChI is InChI=1S/C13H11NS/c1-9-6-7-15-13(9)12-8-10-4-2-3-5-11(10)14-12/h2-8,14H,1H3. The molecule has 3 aromatic rings. The van der Waals surface area contributed by atoms with Crippen LogP contribution in [0.5, 0.6) is 0 Å². The fraction of sp³-hybridized carbons (Fsp3) is 0.0769. The minimum Gasteiger partial charge on any atom is -0.354 e. The average molecular weight is 213 g/mol. The van der Waals surface area contributed by atoms with Crippen molar-refractivity contribution < 1.29 is 0 Å². The predicted octanol–water partition coefficient (Wildman–Crippen LogP) is 4.20. The summed E-state index contributed by atoms with van der Waals surface area (Å²) in [6, 6.07) is 12.8. The van der Waals surface area contributed by atoms with Gasteiger partial charge in [0.05, 0.1) is 10.6 Å². The zero-order valence-corrected chi connectivity index (χ0v) is 9.27. The number of para-hydroxylation sites is 1. The van der Waals surface area contributed by atoms with Crippen molar-refractivity contribution in [2.45, 2.75) is 6.92 Å². The van der Waals surface area contributed by atoms with Crippen molar-refractivity contribution in [3.8, 4) is 10.6 Å². The number of aromatic nitrogens is 1. The fourth-order valence-electron chi connectivity index (χ4n) is 1.84. The van der Waals surface area contributed by atoms with Gasteiger partial charge in [-0.3, -0.25) is 0 Å². The van der Waals surface area contributed by atoms with Crippen LogP contribution in [0.1, 0.15) is 5.56 Å². The smallest absolute Gasteiger partial charge is 0.0568 e. The maximum Gasteiger partial charge on any atom is 0.0568 e. The van der Waals surface area contributed by atoms with Gasteiger partial charge in [-0.05, 0) is 36.1 Å². The minimum absolute atomic E-state index is 1.21. The number of nitrogens with one attached hydrogen (secondary N) is 1. The average Bonchev–Trinajstić information content (AvgIpc) is 2.82. The summed E-state index contributed by atoms with van der Waals surface area (Å²) in [5, 5.41) is 3.41. The second kappa shape index (κ2) is 3.24. The molecule has 1 aromatic carbocycles. The Morgan fingerprint density at radius 2 is 2.00 bits per heavy atom. The van der Waals surface area contributed by atoms with E-state index < -0.39 is 0 Å². The molecule has 74 valence electrons. The molecule has 0 fully saturated rings. The van der Waals surface area contributed by atoms with Gasteiger partial charge in [0.1, 0.15) is 0 Å². The van der Waals surface area contributed by atoms with E-state index >= 15 is 0 Å². The molecule has 2 aromatic heterocycles. The zero-order chi connectivity index (χ0) is 10.3. The van der Waals surface area contributed by atoms with E-state index in [4.69, 9.17) is 0 Å². The zero-order valence-electron chi connectivity index (χ0n) is 8.45. The Balaban J connectivity index is 2.24. The Morgan fingerprint density at radius 3 is 2.73 bits per heavy atom. The number of fused-ring (bicyclic) bond motifs is 1. The van der Waals surface area contributed by atoms with Gasteiger partial charge in [0.25, 0.3) is 0 Å². The largest absolute Gasteiger partial charge is 0.354 e. The molecule has 0 radical (unpaired) electrons. The van der Waals surface area contributed by atoms with Crippen LogP contribution in [0.3, 0.4) is 0 Å². The van der Waals surface area contributed by atoms with E-state index in [2.05, 4.69) is 53.7 Å². The summed E-state index contributed by atoms with van der Waals surface area (Å²) in [5.41, 5.74) is 3.77. The quantitative estimate of drug-likeness (QED) is 0.623. The van der Waals surface area contributed by atoms with Gasteiger partial charge in [-0.25, -0.2) is 0 Å². The fourth-order valence-corrected chi connectivity index (χ4v) is 2.74. The molecule has 1 nitrogen and oxygen atoms in total. The van der Waals surface area contributed by atoms with E-state index in [1.165, 1.54) is 27.0 Å². The molecule has 0 aliphatic rings. The Bertz CT molecular complexity index is 571. The van der Waals surface area contributed by atoms with Gasteiger partial charge in [-0.2, -0.15) is 0 Å².